The second-order valence-corrected chi connectivity index (χ2v) is 4.83. The molecule has 1 saturated heterocycles. The summed E-state index contributed by atoms with van der Waals surface area (Å²) in [4.78, 5) is 6.88. The topological polar surface area (TPSA) is 42.2 Å². The SMILES string of the molecule is CCc1nc([C@@H]2CCCN2CC=C(C)C)no1. The van der Waals surface area contributed by atoms with Crippen molar-refractivity contribution in [3.05, 3.63) is 23.4 Å². The van der Waals surface area contributed by atoms with Gasteiger partial charge in [0, 0.05) is 13.0 Å². The van der Waals surface area contributed by atoms with E-state index in [-0.39, 0.29) is 0 Å². The van der Waals surface area contributed by atoms with Gasteiger partial charge in [-0.2, -0.15) is 4.98 Å². The molecule has 0 amide bonds. The van der Waals surface area contributed by atoms with E-state index in [0.29, 0.717) is 6.04 Å². The second-order valence-electron chi connectivity index (χ2n) is 4.83. The van der Waals surface area contributed by atoms with E-state index in [1.807, 2.05) is 6.92 Å². The smallest absolute Gasteiger partial charge is 0.226 e. The minimum atomic E-state index is 0.342. The molecule has 4 nitrogen and oxygen atoms in total. The maximum atomic E-state index is 5.20. The van der Waals surface area contributed by atoms with Gasteiger partial charge in [0.05, 0.1) is 6.04 Å². The van der Waals surface area contributed by atoms with Gasteiger partial charge in [-0.1, -0.05) is 23.7 Å². The number of hydrogen-bond acceptors (Lipinski definition) is 4. The largest absolute Gasteiger partial charge is 0.339 e. The lowest BCUT2D eigenvalue weighted by Gasteiger charge is -2.20. The summed E-state index contributed by atoms with van der Waals surface area (Å²) in [6.45, 7) is 8.42. The Morgan fingerprint density at radius 2 is 2.35 bits per heavy atom. The molecule has 0 aliphatic carbocycles. The van der Waals surface area contributed by atoms with Crippen LogP contribution >= 0.6 is 0 Å². The predicted molar refractivity (Wildman–Crippen MR) is 66.7 cm³/mol. The van der Waals surface area contributed by atoms with Crippen molar-refractivity contribution < 1.29 is 4.52 Å². The van der Waals surface area contributed by atoms with Crippen LogP contribution in [0.25, 0.3) is 0 Å². The van der Waals surface area contributed by atoms with E-state index in [0.717, 1.165) is 37.6 Å². The molecule has 0 N–H and O–H groups in total. The molecule has 1 atom stereocenters. The van der Waals surface area contributed by atoms with Crippen molar-refractivity contribution >= 4 is 0 Å². The van der Waals surface area contributed by atoms with E-state index in [9.17, 15) is 0 Å². The summed E-state index contributed by atoms with van der Waals surface area (Å²) in [6.07, 6.45) is 5.43. The molecule has 0 aromatic carbocycles. The molecule has 0 spiro atoms. The van der Waals surface area contributed by atoms with Crippen LogP contribution in [0.5, 0.6) is 0 Å². The van der Waals surface area contributed by atoms with Crippen LogP contribution in [-0.2, 0) is 6.42 Å². The van der Waals surface area contributed by atoms with E-state index in [1.165, 1.54) is 12.0 Å². The zero-order chi connectivity index (χ0) is 12.3. The van der Waals surface area contributed by atoms with Crippen LogP contribution in [-0.4, -0.2) is 28.1 Å². The van der Waals surface area contributed by atoms with Gasteiger partial charge in [-0.05, 0) is 33.2 Å². The van der Waals surface area contributed by atoms with Crippen LogP contribution in [0.1, 0.15) is 51.4 Å². The highest BCUT2D eigenvalue weighted by Gasteiger charge is 2.28. The number of likely N-dealkylation sites (tertiary alicyclic amines) is 1. The van der Waals surface area contributed by atoms with Crippen molar-refractivity contribution in [1.29, 1.82) is 0 Å². The Bertz CT molecular complexity index is 393. The summed E-state index contributed by atoms with van der Waals surface area (Å²) in [7, 11) is 0. The predicted octanol–water partition coefficient (Wildman–Crippen LogP) is 2.74. The molecule has 0 unspecified atom stereocenters. The first-order valence-electron chi connectivity index (χ1n) is 6.40. The third-order valence-corrected chi connectivity index (χ3v) is 3.18. The van der Waals surface area contributed by atoms with Gasteiger partial charge in [0.1, 0.15) is 0 Å². The first-order chi connectivity index (χ1) is 8.20. The van der Waals surface area contributed by atoms with Crippen molar-refractivity contribution in [3.8, 4) is 0 Å². The summed E-state index contributed by atoms with van der Waals surface area (Å²) in [6, 6.07) is 0.342. The minimum Gasteiger partial charge on any atom is -0.339 e. The van der Waals surface area contributed by atoms with Crippen LogP contribution in [0, 0.1) is 0 Å². The van der Waals surface area contributed by atoms with Crippen LogP contribution in [0.2, 0.25) is 0 Å². The fourth-order valence-electron chi connectivity index (χ4n) is 2.18. The molecule has 0 bridgehead atoms. The summed E-state index contributed by atoms with van der Waals surface area (Å²) < 4.78 is 5.20. The Morgan fingerprint density at radius 3 is 3.00 bits per heavy atom. The molecule has 2 heterocycles. The number of nitrogens with zero attached hydrogens (tertiary/aromatic N) is 3. The average Bonchev–Trinajstić information content (AvgIpc) is 2.94. The third kappa shape index (κ3) is 2.94. The van der Waals surface area contributed by atoms with E-state index in [4.69, 9.17) is 4.52 Å². The summed E-state index contributed by atoms with van der Waals surface area (Å²) >= 11 is 0. The number of aryl methyl sites for hydroxylation is 1. The average molecular weight is 235 g/mol. The standard InChI is InChI=1S/C13H21N3O/c1-4-12-14-13(15-17-12)11-6-5-8-16(11)9-7-10(2)3/h7,11H,4-6,8-9H2,1-3H3/t11-/m0/s1. The van der Waals surface area contributed by atoms with Crippen molar-refractivity contribution in [1.82, 2.24) is 15.0 Å². The highest BCUT2D eigenvalue weighted by Crippen LogP contribution is 2.29. The normalized spacial score (nSPS) is 20.8. The molecule has 4 heteroatoms. The molecule has 1 aromatic heterocycles. The summed E-state index contributed by atoms with van der Waals surface area (Å²) in [5.74, 6) is 1.61. The molecule has 94 valence electrons. The fourth-order valence-corrected chi connectivity index (χ4v) is 2.18. The molecule has 0 radical (unpaired) electrons. The quantitative estimate of drug-likeness (QED) is 0.752. The van der Waals surface area contributed by atoms with Crippen LogP contribution in [0.3, 0.4) is 0 Å². The van der Waals surface area contributed by atoms with Gasteiger partial charge < -0.3 is 4.52 Å². The van der Waals surface area contributed by atoms with Crippen LogP contribution < -0.4 is 0 Å². The first kappa shape index (κ1) is 12.3. The van der Waals surface area contributed by atoms with Gasteiger partial charge in [-0.3, -0.25) is 4.90 Å². The van der Waals surface area contributed by atoms with Gasteiger partial charge in [-0.15, -0.1) is 0 Å². The number of rotatable bonds is 4. The van der Waals surface area contributed by atoms with Crippen LogP contribution in [0.15, 0.2) is 16.2 Å². The number of aromatic nitrogens is 2. The maximum Gasteiger partial charge on any atom is 0.226 e. The summed E-state index contributed by atoms with van der Waals surface area (Å²) in [5.41, 5.74) is 1.36. The van der Waals surface area contributed by atoms with Crippen LogP contribution in [0.4, 0.5) is 0 Å². The molecule has 1 aromatic rings. The Hall–Kier alpha value is -1.16. The van der Waals surface area contributed by atoms with Crippen molar-refractivity contribution in [2.24, 2.45) is 0 Å². The van der Waals surface area contributed by atoms with E-state index < -0.39 is 0 Å². The number of allylic oxidation sites excluding steroid dienone is 1. The maximum absolute atomic E-state index is 5.20. The lowest BCUT2D eigenvalue weighted by atomic mass is 10.2. The molecular formula is C13H21N3O. The highest BCUT2D eigenvalue weighted by atomic mass is 16.5. The Labute approximate surface area is 103 Å². The second kappa shape index (κ2) is 5.45. The monoisotopic (exact) mass is 235 g/mol. The zero-order valence-electron chi connectivity index (χ0n) is 10.9. The first-order valence-corrected chi connectivity index (χ1v) is 6.40. The minimum absolute atomic E-state index is 0.342. The van der Waals surface area contributed by atoms with Crippen molar-refractivity contribution in [2.75, 3.05) is 13.1 Å². The Balaban J connectivity index is 2.06. The highest BCUT2D eigenvalue weighted by molar-refractivity contribution is 5.02. The molecule has 1 aliphatic rings. The molecule has 0 saturated carbocycles. The van der Waals surface area contributed by atoms with Crippen molar-refractivity contribution in [3.63, 3.8) is 0 Å². The zero-order valence-corrected chi connectivity index (χ0v) is 10.9. The van der Waals surface area contributed by atoms with Crippen molar-refractivity contribution in [2.45, 2.75) is 46.1 Å². The summed E-state index contributed by atoms with van der Waals surface area (Å²) in [5, 5.41) is 4.10. The van der Waals surface area contributed by atoms with Gasteiger partial charge in [0.25, 0.3) is 0 Å². The molecular weight excluding hydrogens is 214 g/mol. The third-order valence-electron chi connectivity index (χ3n) is 3.18. The van der Waals surface area contributed by atoms with E-state index in [2.05, 4.69) is 35.0 Å². The molecule has 2 rings (SSSR count). The molecule has 1 aliphatic heterocycles. The molecule has 1 fully saturated rings. The van der Waals surface area contributed by atoms with Gasteiger partial charge >= 0.3 is 0 Å². The van der Waals surface area contributed by atoms with Gasteiger partial charge in [0.15, 0.2) is 5.82 Å². The van der Waals surface area contributed by atoms with E-state index >= 15 is 0 Å². The lowest BCUT2D eigenvalue weighted by molar-refractivity contribution is 0.266. The lowest BCUT2D eigenvalue weighted by Crippen LogP contribution is -2.24. The fraction of sp³-hybridized carbons (Fsp3) is 0.692. The van der Waals surface area contributed by atoms with Gasteiger partial charge in [-0.25, -0.2) is 0 Å². The Kier molecular flexibility index (Phi) is 3.94. The molecule has 17 heavy (non-hydrogen) atoms. The van der Waals surface area contributed by atoms with Gasteiger partial charge in [0.2, 0.25) is 5.89 Å². The van der Waals surface area contributed by atoms with E-state index in [1.54, 1.807) is 0 Å². The number of hydrogen-bond donors (Lipinski definition) is 0. The Morgan fingerprint density at radius 1 is 1.53 bits per heavy atom.